The Morgan fingerprint density at radius 2 is 2.12 bits per heavy atom. The second-order valence-corrected chi connectivity index (χ2v) is 5.97. The molecule has 0 bridgehead atoms. The minimum absolute atomic E-state index is 0.0307. The summed E-state index contributed by atoms with van der Waals surface area (Å²) in [6.07, 6.45) is 0. The van der Waals surface area contributed by atoms with Gasteiger partial charge in [0.2, 0.25) is 0 Å². The first-order valence-electron chi connectivity index (χ1n) is 5.48. The summed E-state index contributed by atoms with van der Waals surface area (Å²) in [5.74, 6) is 0.153. The van der Waals surface area contributed by atoms with Gasteiger partial charge in [-0.2, -0.15) is 0 Å². The summed E-state index contributed by atoms with van der Waals surface area (Å²) in [4.78, 5) is 13.9. The summed E-state index contributed by atoms with van der Waals surface area (Å²) < 4.78 is 5.75. The van der Waals surface area contributed by atoms with Crippen molar-refractivity contribution in [3.63, 3.8) is 0 Å². The Morgan fingerprint density at radius 1 is 1.47 bits per heavy atom. The van der Waals surface area contributed by atoms with Crippen LogP contribution in [0.25, 0.3) is 0 Å². The molecule has 96 valence electrons. The highest BCUT2D eigenvalue weighted by Crippen LogP contribution is 2.16. The van der Waals surface area contributed by atoms with Gasteiger partial charge in [-0.15, -0.1) is 0 Å². The smallest absolute Gasteiger partial charge is 0.287 e. The number of amides is 1. The molecular weight excluding hydrogens is 284 g/mol. The lowest BCUT2D eigenvalue weighted by molar-refractivity contribution is 0.0900. The summed E-state index contributed by atoms with van der Waals surface area (Å²) in [6.45, 7) is 5.76. The number of carbonyl (C=O) groups excluding carboxylic acids is 1. The van der Waals surface area contributed by atoms with Crippen molar-refractivity contribution in [2.45, 2.75) is 13.8 Å². The van der Waals surface area contributed by atoms with Gasteiger partial charge in [-0.3, -0.25) is 4.79 Å². The van der Waals surface area contributed by atoms with Gasteiger partial charge in [0.15, 0.2) is 10.4 Å². The van der Waals surface area contributed by atoms with Crippen LogP contribution < -0.4 is 5.32 Å². The molecule has 0 saturated heterocycles. The van der Waals surface area contributed by atoms with Crippen LogP contribution in [-0.2, 0) is 0 Å². The molecule has 0 aliphatic heterocycles. The van der Waals surface area contributed by atoms with E-state index in [1.165, 1.54) is 0 Å². The maximum Gasteiger partial charge on any atom is 0.287 e. The van der Waals surface area contributed by atoms with Crippen molar-refractivity contribution < 1.29 is 9.21 Å². The second kappa shape index (κ2) is 5.69. The zero-order valence-electron chi connectivity index (χ0n) is 10.7. The van der Waals surface area contributed by atoms with Crippen molar-refractivity contribution in [3.05, 3.63) is 22.6 Å². The van der Waals surface area contributed by atoms with Crippen LogP contribution in [0.3, 0.4) is 0 Å². The Kier molecular flexibility index (Phi) is 4.77. The highest BCUT2D eigenvalue weighted by Gasteiger charge is 2.21. The van der Waals surface area contributed by atoms with E-state index in [1.54, 1.807) is 12.1 Å². The number of hydrogen-bond acceptors (Lipinski definition) is 3. The number of furan rings is 1. The van der Waals surface area contributed by atoms with E-state index in [2.05, 4.69) is 40.0 Å². The number of carbonyl (C=O) groups is 1. The normalized spacial score (nSPS) is 11.9. The fourth-order valence-corrected chi connectivity index (χ4v) is 2.06. The average molecular weight is 303 g/mol. The molecule has 1 aromatic heterocycles. The zero-order valence-corrected chi connectivity index (χ0v) is 12.3. The molecule has 0 aliphatic rings. The lowest BCUT2D eigenvalue weighted by Crippen LogP contribution is -2.39. The lowest BCUT2D eigenvalue weighted by Gasteiger charge is -2.28. The average Bonchev–Trinajstić information content (AvgIpc) is 2.59. The van der Waals surface area contributed by atoms with E-state index < -0.39 is 0 Å². The standard InChI is InChI=1S/C12H19BrN2O2/c1-12(2,8-15(3)4)7-14-11(16)9-5-6-10(13)17-9/h5-6H,7-8H2,1-4H3,(H,14,16). The maximum atomic E-state index is 11.8. The van der Waals surface area contributed by atoms with Crippen molar-refractivity contribution in [1.82, 2.24) is 10.2 Å². The van der Waals surface area contributed by atoms with Gasteiger partial charge in [0.25, 0.3) is 5.91 Å². The van der Waals surface area contributed by atoms with E-state index in [1.807, 2.05) is 14.1 Å². The van der Waals surface area contributed by atoms with E-state index in [0.29, 0.717) is 17.0 Å². The molecule has 1 N–H and O–H groups in total. The molecular formula is C12H19BrN2O2. The monoisotopic (exact) mass is 302 g/mol. The summed E-state index contributed by atoms with van der Waals surface area (Å²) in [5.41, 5.74) is 0.0307. The molecule has 1 aromatic rings. The topological polar surface area (TPSA) is 45.5 Å². The van der Waals surface area contributed by atoms with Gasteiger partial charge >= 0.3 is 0 Å². The van der Waals surface area contributed by atoms with E-state index in [9.17, 15) is 4.79 Å². The Bertz CT molecular complexity index is 386. The van der Waals surface area contributed by atoms with Gasteiger partial charge in [0.05, 0.1) is 0 Å². The van der Waals surface area contributed by atoms with Crippen LogP contribution in [0, 0.1) is 5.41 Å². The summed E-state index contributed by atoms with van der Waals surface area (Å²) in [6, 6.07) is 3.36. The van der Waals surface area contributed by atoms with Crippen molar-refractivity contribution >= 4 is 21.8 Å². The Balaban J connectivity index is 2.48. The third-order valence-electron chi connectivity index (χ3n) is 2.27. The van der Waals surface area contributed by atoms with Gasteiger partial charge < -0.3 is 14.6 Å². The largest absolute Gasteiger partial charge is 0.444 e. The molecule has 5 heteroatoms. The predicted octanol–water partition coefficient (Wildman–Crippen LogP) is 2.36. The molecule has 1 amide bonds. The van der Waals surface area contributed by atoms with Crippen LogP contribution in [0.2, 0.25) is 0 Å². The van der Waals surface area contributed by atoms with Gasteiger partial charge in [0, 0.05) is 13.1 Å². The number of rotatable bonds is 5. The van der Waals surface area contributed by atoms with E-state index >= 15 is 0 Å². The third kappa shape index (κ3) is 4.91. The molecule has 0 spiro atoms. The van der Waals surface area contributed by atoms with Crippen LogP contribution in [-0.4, -0.2) is 38.0 Å². The van der Waals surface area contributed by atoms with Crippen LogP contribution >= 0.6 is 15.9 Å². The molecule has 0 fully saturated rings. The fraction of sp³-hybridized carbons (Fsp3) is 0.583. The Hall–Kier alpha value is -0.810. The highest BCUT2D eigenvalue weighted by molar-refractivity contribution is 9.10. The van der Waals surface area contributed by atoms with Crippen LogP contribution in [0.5, 0.6) is 0 Å². The highest BCUT2D eigenvalue weighted by atomic mass is 79.9. The van der Waals surface area contributed by atoms with Crippen molar-refractivity contribution in [3.8, 4) is 0 Å². The first-order valence-corrected chi connectivity index (χ1v) is 6.28. The SMILES string of the molecule is CN(C)CC(C)(C)CNC(=O)c1ccc(Br)o1. The number of nitrogens with zero attached hydrogens (tertiary/aromatic N) is 1. The Morgan fingerprint density at radius 3 is 2.59 bits per heavy atom. The fourth-order valence-electron chi connectivity index (χ4n) is 1.75. The zero-order chi connectivity index (χ0) is 13.1. The summed E-state index contributed by atoms with van der Waals surface area (Å²) in [7, 11) is 4.04. The number of nitrogens with one attached hydrogen (secondary N) is 1. The third-order valence-corrected chi connectivity index (χ3v) is 2.69. The van der Waals surface area contributed by atoms with Crippen LogP contribution in [0.1, 0.15) is 24.4 Å². The number of halogens is 1. The molecule has 0 atom stereocenters. The summed E-state index contributed by atoms with van der Waals surface area (Å²) >= 11 is 3.17. The molecule has 17 heavy (non-hydrogen) atoms. The van der Waals surface area contributed by atoms with Crippen LogP contribution in [0.4, 0.5) is 0 Å². The van der Waals surface area contributed by atoms with Gasteiger partial charge in [-0.25, -0.2) is 0 Å². The second-order valence-electron chi connectivity index (χ2n) is 5.19. The van der Waals surface area contributed by atoms with Crippen molar-refractivity contribution in [2.75, 3.05) is 27.2 Å². The van der Waals surface area contributed by atoms with Crippen molar-refractivity contribution in [1.29, 1.82) is 0 Å². The van der Waals surface area contributed by atoms with Crippen molar-refractivity contribution in [2.24, 2.45) is 5.41 Å². The molecule has 4 nitrogen and oxygen atoms in total. The van der Waals surface area contributed by atoms with E-state index in [0.717, 1.165) is 6.54 Å². The van der Waals surface area contributed by atoms with E-state index in [-0.39, 0.29) is 11.3 Å². The first kappa shape index (κ1) is 14.3. The molecule has 0 saturated carbocycles. The molecule has 0 unspecified atom stereocenters. The lowest BCUT2D eigenvalue weighted by atomic mass is 9.93. The number of hydrogen-bond donors (Lipinski definition) is 1. The van der Waals surface area contributed by atoms with Gasteiger partial charge in [-0.1, -0.05) is 13.8 Å². The summed E-state index contributed by atoms with van der Waals surface area (Å²) in [5, 5.41) is 2.88. The molecule has 0 radical (unpaired) electrons. The molecule has 0 aromatic carbocycles. The molecule has 1 rings (SSSR count). The molecule has 0 aliphatic carbocycles. The van der Waals surface area contributed by atoms with Crippen LogP contribution in [0.15, 0.2) is 21.2 Å². The quantitative estimate of drug-likeness (QED) is 0.908. The predicted molar refractivity (Wildman–Crippen MR) is 71.1 cm³/mol. The maximum absolute atomic E-state index is 11.8. The minimum Gasteiger partial charge on any atom is -0.444 e. The first-order chi connectivity index (χ1) is 7.80. The Labute approximate surface area is 110 Å². The van der Waals surface area contributed by atoms with E-state index in [4.69, 9.17) is 4.42 Å². The van der Waals surface area contributed by atoms with Gasteiger partial charge in [0.1, 0.15) is 0 Å². The van der Waals surface area contributed by atoms with Gasteiger partial charge in [-0.05, 0) is 47.6 Å². The molecule has 1 heterocycles. The minimum atomic E-state index is -0.178.